The number of aryl methyl sites for hydroxylation is 2. The van der Waals surface area contributed by atoms with Gasteiger partial charge in [0, 0.05) is 35.8 Å². The summed E-state index contributed by atoms with van der Waals surface area (Å²) in [5.41, 5.74) is 6.17. The van der Waals surface area contributed by atoms with Gasteiger partial charge >= 0.3 is 0 Å². The van der Waals surface area contributed by atoms with Gasteiger partial charge in [-0.3, -0.25) is 0 Å². The van der Waals surface area contributed by atoms with E-state index in [0.29, 0.717) is 35.4 Å². The van der Waals surface area contributed by atoms with E-state index in [0.717, 1.165) is 52.5 Å². The summed E-state index contributed by atoms with van der Waals surface area (Å²) in [6.07, 6.45) is 0.457. The molecule has 3 heterocycles. The summed E-state index contributed by atoms with van der Waals surface area (Å²) in [5, 5.41) is 14.7. The quantitative estimate of drug-likeness (QED) is 0.599. The molecule has 0 atom stereocenters. The van der Waals surface area contributed by atoms with E-state index >= 15 is 0 Å². The molecule has 1 saturated heterocycles. The van der Waals surface area contributed by atoms with Crippen molar-refractivity contribution in [3.8, 4) is 6.07 Å². The van der Waals surface area contributed by atoms with Gasteiger partial charge in [0.2, 0.25) is 0 Å². The van der Waals surface area contributed by atoms with Gasteiger partial charge in [0.15, 0.2) is 11.3 Å². The molecule has 1 fully saturated rings. The SMILES string of the molecule is C=C(c1ccc(Cl)c(Cc2nc3c(C)cc(C#N)nn3c2C)c1Cl)N1CCOCC1. The molecule has 0 saturated carbocycles. The Balaban J connectivity index is 1.73. The average molecular weight is 442 g/mol. The van der Waals surface area contributed by atoms with Gasteiger partial charge in [-0.25, -0.2) is 9.50 Å². The monoisotopic (exact) mass is 441 g/mol. The minimum atomic E-state index is 0.354. The molecule has 30 heavy (non-hydrogen) atoms. The van der Waals surface area contributed by atoms with Crippen LogP contribution in [-0.4, -0.2) is 45.8 Å². The number of aromatic nitrogens is 3. The molecule has 0 N–H and O–H groups in total. The molecule has 0 spiro atoms. The zero-order valence-corrected chi connectivity index (χ0v) is 18.4. The molecule has 8 heteroatoms. The summed E-state index contributed by atoms with van der Waals surface area (Å²) in [6.45, 7) is 11.0. The first-order valence-corrected chi connectivity index (χ1v) is 10.4. The number of hydrogen-bond acceptors (Lipinski definition) is 5. The molecule has 2 aromatic heterocycles. The maximum Gasteiger partial charge on any atom is 0.161 e. The molecule has 3 aromatic rings. The summed E-state index contributed by atoms with van der Waals surface area (Å²) in [5.74, 6) is 0. The van der Waals surface area contributed by atoms with Crippen LogP contribution in [0.3, 0.4) is 0 Å². The molecule has 1 aromatic carbocycles. The van der Waals surface area contributed by atoms with Gasteiger partial charge in [-0.1, -0.05) is 29.8 Å². The van der Waals surface area contributed by atoms with Crippen LogP contribution in [0.1, 0.15) is 33.8 Å². The summed E-state index contributed by atoms with van der Waals surface area (Å²) in [7, 11) is 0. The highest BCUT2D eigenvalue weighted by Gasteiger charge is 2.21. The Morgan fingerprint density at radius 1 is 1.27 bits per heavy atom. The van der Waals surface area contributed by atoms with Crippen molar-refractivity contribution in [2.75, 3.05) is 26.3 Å². The zero-order chi connectivity index (χ0) is 21.4. The Bertz CT molecular complexity index is 1190. The van der Waals surface area contributed by atoms with E-state index in [4.69, 9.17) is 32.9 Å². The fourth-order valence-corrected chi connectivity index (χ4v) is 4.31. The maximum absolute atomic E-state index is 9.22. The predicted molar refractivity (Wildman–Crippen MR) is 118 cm³/mol. The van der Waals surface area contributed by atoms with Crippen LogP contribution in [0.15, 0.2) is 24.8 Å². The lowest BCUT2D eigenvalue weighted by atomic mass is 10.0. The number of rotatable bonds is 4. The maximum atomic E-state index is 9.22. The van der Waals surface area contributed by atoms with Gasteiger partial charge in [0.05, 0.1) is 29.6 Å². The highest BCUT2D eigenvalue weighted by Crippen LogP contribution is 2.35. The van der Waals surface area contributed by atoms with E-state index in [1.807, 2.05) is 26.0 Å². The summed E-state index contributed by atoms with van der Waals surface area (Å²) < 4.78 is 7.14. The largest absolute Gasteiger partial charge is 0.378 e. The van der Waals surface area contributed by atoms with Crippen LogP contribution in [0.4, 0.5) is 0 Å². The Morgan fingerprint density at radius 3 is 2.70 bits per heavy atom. The molecule has 0 bridgehead atoms. The van der Waals surface area contributed by atoms with Gasteiger partial charge in [-0.2, -0.15) is 10.4 Å². The topological polar surface area (TPSA) is 66.5 Å². The molecule has 4 rings (SSSR count). The van der Waals surface area contributed by atoms with Gasteiger partial charge < -0.3 is 9.64 Å². The fraction of sp³-hybridized carbons (Fsp3) is 0.318. The van der Waals surface area contributed by atoms with E-state index in [1.165, 1.54) is 0 Å². The average Bonchev–Trinajstić information content (AvgIpc) is 3.07. The van der Waals surface area contributed by atoms with Crippen LogP contribution in [0.5, 0.6) is 0 Å². The van der Waals surface area contributed by atoms with Crippen molar-refractivity contribution in [2.45, 2.75) is 20.3 Å². The summed E-state index contributed by atoms with van der Waals surface area (Å²) in [6, 6.07) is 7.59. The predicted octanol–water partition coefficient (Wildman–Crippen LogP) is 4.42. The van der Waals surface area contributed by atoms with Crippen LogP contribution < -0.4 is 0 Å². The van der Waals surface area contributed by atoms with Crippen LogP contribution in [0.2, 0.25) is 10.0 Å². The van der Waals surface area contributed by atoms with Gasteiger partial charge in [-0.15, -0.1) is 0 Å². The first kappa shape index (κ1) is 20.7. The summed E-state index contributed by atoms with van der Waals surface area (Å²) >= 11 is 13.3. The molecule has 1 aliphatic heterocycles. The number of imidazole rings is 1. The Hall–Kier alpha value is -2.59. The van der Waals surface area contributed by atoms with Gasteiger partial charge in [-0.05, 0) is 43.2 Å². The first-order chi connectivity index (χ1) is 14.4. The van der Waals surface area contributed by atoms with E-state index in [9.17, 15) is 5.26 Å². The number of hydrogen-bond donors (Lipinski definition) is 0. The Labute approximate surface area is 185 Å². The summed E-state index contributed by atoms with van der Waals surface area (Å²) in [4.78, 5) is 6.93. The van der Waals surface area contributed by atoms with Crippen molar-refractivity contribution in [3.63, 3.8) is 0 Å². The molecule has 0 aliphatic carbocycles. The molecule has 0 unspecified atom stereocenters. The van der Waals surface area contributed by atoms with Crippen molar-refractivity contribution in [2.24, 2.45) is 0 Å². The zero-order valence-electron chi connectivity index (χ0n) is 16.9. The fourth-order valence-electron chi connectivity index (χ4n) is 3.70. The van der Waals surface area contributed by atoms with Crippen molar-refractivity contribution in [3.05, 3.63) is 68.6 Å². The first-order valence-electron chi connectivity index (χ1n) is 9.65. The number of nitriles is 1. The normalized spacial score (nSPS) is 14.2. The highest BCUT2D eigenvalue weighted by atomic mass is 35.5. The second kappa shape index (κ2) is 8.27. The standard InChI is InChI=1S/C22H21Cl2N5O/c1-13-10-16(12-25)27-29-15(3)20(26-22(13)29)11-18-19(23)5-4-17(21(18)24)14(2)28-6-8-30-9-7-28/h4-5,10H,2,6-9,11H2,1,3H3. The second-order valence-corrected chi connectivity index (χ2v) is 8.10. The van der Waals surface area contributed by atoms with Crippen molar-refractivity contribution in [1.82, 2.24) is 19.5 Å². The third-order valence-electron chi connectivity index (χ3n) is 5.44. The van der Waals surface area contributed by atoms with E-state index in [2.05, 4.69) is 22.6 Å². The Morgan fingerprint density at radius 2 is 2.00 bits per heavy atom. The number of fused-ring (bicyclic) bond motifs is 1. The lowest BCUT2D eigenvalue weighted by molar-refractivity contribution is 0.0641. The smallest absolute Gasteiger partial charge is 0.161 e. The number of nitrogens with zero attached hydrogens (tertiary/aromatic N) is 5. The molecule has 1 aliphatic rings. The third kappa shape index (κ3) is 3.65. The van der Waals surface area contributed by atoms with Crippen LogP contribution in [0.25, 0.3) is 11.3 Å². The molecule has 6 nitrogen and oxygen atoms in total. The minimum Gasteiger partial charge on any atom is -0.378 e. The second-order valence-electron chi connectivity index (χ2n) is 7.31. The third-order valence-corrected chi connectivity index (χ3v) is 6.22. The van der Waals surface area contributed by atoms with Crippen LogP contribution >= 0.6 is 23.2 Å². The molecular formula is C22H21Cl2N5O. The van der Waals surface area contributed by atoms with Crippen molar-refractivity contribution in [1.29, 1.82) is 5.26 Å². The molecule has 154 valence electrons. The van der Waals surface area contributed by atoms with Gasteiger partial charge in [0.25, 0.3) is 0 Å². The number of benzene rings is 1. The van der Waals surface area contributed by atoms with Crippen LogP contribution in [-0.2, 0) is 11.2 Å². The Kier molecular flexibility index (Phi) is 5.70. The molecule has 0 amide bonds. The van der Waals surface area contributed by atoms with Gasteiger partial charge in [0.1, 0.15) is 6.07 Å². The molecule has 0 radical (unpaired) electrons. The number of ether oxygens (including phenoxy) is 1. The van der Waals surface area contributed by atoms with E-state index in [1.54, 1.807) is 10.6 Å². The molecular weight excluding hydrogens is 421 g/mol. The van der Waals surface area contributed by atoms with Crippen molar-refractivity contribution < 1.29 is 4.74 Å². The van der Waals surface area contributed by atoms with Crippen molar-refractivity contribution >= 4 is 34.5 Å². The number of morpholine rings is 1. The number of halogens is 2. The lowest BCUT2D eigenvalue weighted by Gasteiger charge is -2.31. The van der Waals surface area contributed by atoms with E-state index in [-0.39, 0.29) is 0 Å². The minimum absolute atomic E-state index is 0.354. The highest BCUT2D eigenvalue weighted by molar-refractivity contribution is 6.37. The van der Waals surface area contributed by atoms with E-state index < -0.39 is 0 Å². The van der Waals surface area contributed by atoms with Crippen LogP contribution in [0, 0.1) is 25.2 Å². The lowest BCUT2D eigenvalue weighted by Crippen LogP contribution is -2.34.